The van der Waals surface area contributed by atoms with Gasteiger partial charge in [0.05, 0.1) is 3.79 Å². The number of halogens is 1. The molecule has 0 bridgehead atoms. The summed E-state index contributed by atoms with van der Waals surface area (Å²) >= 11 is 5.37. The van der Waals surface area contributed by atoms with Crippen molar-refractivity contribution in [1.82, 2.24) is 5.32 Å². The molecule has 1 heterocycles. The highest BCUT2D eigenvalue weighted by atomic mass is 79.9. The number of thiophene rings is 1. The van der Waals surface area contributed by atoms with Gasteiger partial charge in [-0.05, 0) is 59.8 Å². The van der Waals surface area contributed by atoms with Crippen LogP contribution in [0.15, 0.2) is 15.9 Å². The van der Waals surface area contributed by atoms with E-state index in [0.29, 0.717) is 6.04 Å². The van der Waals surface area contributed by atoms with Gasteiger partial charge in [-0.15, -0.1) is 11.3 Å². The molecule has 1 rings (SSSR count). The molecule has 0 radical (unpaired) electrons. The summed E-state index contributed by atoms with van der Waals surface area (Å²) in [5, 5.41) is 3.64. The number of hydrogen-bond donors (Lipinski definition) is 1. The average molecular weight is 304 g/mol. The lowest BCUT2D eigenvalue weighted by molar-refractivity contribution is 0.379. The zero-order valence-corrected chi connectivity index (χ0v) is 12.8. The summed E-state index contributed by atoms with van der Waals surface area (Å²) in [6.07, 6.45) is 3.65. The highest BCUT2D eigenvalue weighted by Crippen LogP contribution is 2.24. The molecule has 16 heavy (non-hydrogen) atoms. The first-order valence-electron chi connectivity index (χ1n) is 6.11. The van der Waals surface area contributed by atoms with Crippen LogP contribution in [0.5, 0.6) is 0 Å². The Bertz CT molecular complexity index is 296. The van der Waals surface area contributed by atoms with Gasteiger partial charge >= 0.3 is 0 Å². The minimum atomic E-state index is 0.654. The van der Waals surface area contributed by atoms with Crippen LogP contribution in [0.25, 0.3) is 0 Å². The van der Waals surface area contributed by atoms with Crippen LogP contribution < -0.4 is 5.32 Å². The molecule has 1 nitrogen and oxygen atoms in total. The molecule has 1 aromatic rings. The summed E-state index contributed by atoms with van der Waals surface area (Å²) < 4.78 is 1.24. The maximum absolute atomic E-state index is 3.64. The quantitative estimate of drug-likeness (QED) is 0.784. The van der Waals surface area contributed by atoms with E-state index >= 15 is 0 Å². The lowest BCUT2D eigenvalue weighted by Crippen LogP contribution is -2.34. The summed E-state index contributed by atoms with van der Waals surface area (Å²) in [6.45, 7) is 7.97. The van der Waals surface area contributed by atoms with Crippen LogP contribution in [-0.2, 0) is 6.42 Å². The van der Waals surface area contributed by atoms with E-state index in [0.717, 1.165) is 12.5 Å². The third kappa shape index (κ3) is 4.98. The second-order valence-corrected chi connectivity index (χ2v) is 7.10. The first-order valence-corrected chi connectivity index (χ1v) is 7.72. The second-order valence-electron chi connectivity index (χ2n) is 4.55. The highest BCUT2D eigenvalue weighted by Gasteiger charge is 2.12. The molecular formula is C13H22BrNS. The Morgan fingerprint density at radius 2 is 2.12 bits per heavy atom. The molecule has 0 amide bonds. The fourth-order valence-corrected chi connectivity index (χ4v) is 3.28. The lowest BCUT2D eigenvalue weighted by Gasteiger charge is -2.21. The number of nitrogens with one attached hydrogen (secondary N) is 1. The largest absolute Gasteiger partial charge is 0.314 e. The van der Waals surface area contributed by atoms with Gasteiger partial charge in [0.2, 0.25) is 0 Å². The standard InChI is InChI=1S/C13H22BrNS/c1-4-9-15-12(10(2)3)7-5-11-6-8-13(14)16-11/h6,8,10,12,15H,4-5,7,9H2,1-3H3. The normalized spacial score (nSPS) is 13.3. The van der Waals surface area contributed by atoms with Crippen molar-refractivity contribution in [3.05, 3.63) is 20.8 Å². The van der Waals surface area contributed by atoms with Gasteiger partial charge in [0.25, 0.3) is 0 Å². The molecule has 0 fully saturated rings. The summed E-state index contributed by atoms with van der Waals surface area (Å²) in [5.41, 5.74) is 0. The molecule has 0 aliphatic heterocycles. The van der Waals surface area contributed by atoms with Crippen LogP contribution in [-0.4, -0.2) is 12.6 Å². The van der Waals surface area contributed by atoms with E-state index in [1.54, 1.807) is 0 Å². The number of hydrogen-bond acceptors (Lipinski definition) is 2. The molecule has 0 saturated heterocycles. The number of aryl methyl sites for hydroxylation is 1. The van der Waals surface area contributed by atoms with Crippen molar-refractivity contribution in [3.63, 3.8) is 0 Å². The van der Waals surface area contributed by atoms with E-state index < -0.39 is 0 Å². The average Bonchev–Trinajstić information content (AvgIpc) is 2.64. The van der Waals surface area contributed by atoms with E-state index in [2.05, 4.69) is 54.2 Å². The summed E-state index contributed by atoms with van der Waals surface area (Å²) in [5.74, 6) is 0.718. The molecule has 1 N–H and O–H groups in total. The first-order chi connectivity index (χ1) is 7.63. The van der Waals surface area contributed by atoms with Crippen molar-refractivity contribution < 1.29 is 0 Å². The van der Waals surface area contributed by atoms with Crippen molar-refractivity contribution in [2.45, 2.75) is 46.1 Å². The fraction of sp³-hybridized carbons (Fsp3) is 0.692. The minimum Gasteiger partial charge on any atom is -0.314 e. The zero-order valence-electron chi connectivity index (χ0n) is 10.4. The third-order valence-corrected chi connectivity index (χ3v) is 4.48. The van der Waals surface area contributed by atoms with E-state index in [9.17, 15) is 0 Å². The zero-order chi connectivity index (χ0) is 12.0. The minimum absolute atomic E-state index is 0.654. The molecule has 0 saturated carbocycles. The van der Waals surface area contributed by atoms with Crippen LogP contribution in [0, 0.1) is 5.92 Å². The fourth-order valence-electron chi connectivity index (χ4n) is 1.78. The van der Waals surface area contributed by atoms with Crippen LogP contribution in [0.2, 0.25) is 0 Å². The molecule has 0 spiro atoms. The molecule has 0 aliphatic rings. The van der Waals surface area contributed by atoms with E-state index in [4.69, 9.17) is 0 Å². The predicted octanol–water partition coefficient (Wildman–Crippen LogP) is 4.47. The third-order valence-electron chi connectivity index (χ3n) is 2.79. The summed E-state index contributed by atoms with van der Waals surface area (Å²) in [6, 6.07) is 5.02. The van der Waals surface area contributed by atoms with Gasteiger partial charge in [0.15, 0.2) is 0 Å². The van der Waals surface area contributed by atoms with Crippen molar-refractivity contribution in [3.8, 4) is 0 Å². The Morgan fingerprint density at radius 1 is 1.38 bits per heavy atom. The van der Waals surface area contributed by atoms with Gasteiger partial charge in [-0.2, -0.15) is 0 Å². The van der Waals surface area contributed by atoms with E-state index in [-0.39, 0.29) is 0 Å². The molecule has 1 unspecified atom stereocenters. The molecule has 1 aromatic heterocycles. The molecule has 0 aliphatic carbocycles. The Labute approximate surface area is 112 Å². The predicted molar refractivity (Wildman–Crippen MR) is 77.3 cm³/mol. The van der Waals surface area contributed by atoms with Crippen molar-refractivity contribution in [2.75, 3.05) is 6.54 Å². The second kappa shape index (κ2) is 7.46. The molecule has 0 aromatic carbocycles. The van der Waals surface area contributed by atoms with Crippen molar-refractivity contribution >= 4 is 27.3 Å². The molecule has 1 atom stereocenters. The van der Waals surface area contributed by atoms with Crippen molar-refractivity contribution in [2.24, 2.45) is 5.92 Å². The topological polar surface area (TPSA) is 12.0 Å². The van der Waals surface area contributed by atoms with Crippen LogP contribution in [0.3, 0.4) is 0 Å². The van der Waals surface area contributed by atoms with Gasteiger partial charge in [-0.1, -0.05) is 20.8 Å². The first kappa shape index (κ1) is 14.2. The lowest BCUT2D eigenvalue weighted by atomic mass is 9.99. The van der Waals surface area contributed by atoms with Crippen molar-refractivity contribution in [1.29, 1.82) is 0 Å². The van der Waals surface area contributed by atoms with E-state index in [1.165, 1.54) is 27.9 Å². The van der Waals surface area contributed by atoms with E-state index in [1.807, 2.05) is 11.3 Å². The maximum atomic E-state index is 3.64. The Balaban J connectivity index is 2.37. The SMILES string of the molecule is CCCNC(CCc1ccc(Br)s1)C(C)C. The molecule has 3 heteroatoms. The Morgan fingerprint density at radius 3 is 2.62 bits per heavy atom. The Hall–Kier alpha value is 0.140. The van der Waals surface area contributed by atoms with Gasteiger partial charge in [0, 0.05) is 10.9 Å². The summed E-state index contributed by atoms with van der Waals surface area (Å²) in [4.78, 5) is 1.48. The van der Waals surface area contributed by atoms with Gasteiger partial charge in [-0.25, -0.2) is 0 Å². The summed E-state index contributed by atoms with van der Waals surface area (Å²) in [7, 11) is 0. The van der Waals surface area contributed by atoms with Crippen LogP contribution in [0.1, 0.15) is 38.5 Å². The van der Waals surface area contributed by atoms with Gasteiger partial charge in [0.1, 0.15) is 0 Å². The maximum Gasteiger partial charge on any atom is 0.0701 e. The number of rotatable bonds is 7. The smallest absolute Gasteiger partial charge is 0.0701 e. The highest BCUT2D eigenvalue weighted by molar-refractivity contribution is 9.11. The van der Waals surface area contributed by atoms with Gasteiger partial charge < -0.3 is 5.32 Å². The Kier molecular flexibility index (Phi) is 6.62. The van der Waals surface area contributed by atoms with Gasteiger partial charge in [-0.3, -0.25) is 0 Å². The molecular weight excluding hydrogens is 282 g/mol. The molecule has 92 valence electrons. The monoisotopic (exact) mass is 303 g/mol. The van der Waals surface area contributed by atoms with Crippen LogP contribution >= 0.6 is 27.3 Å². The van der Waals surface area contributed by atoms with Crippen LogP contribution in [0.4, 0.5) is 0 Å².